The number of urea groups is 1. The first-order valence-corrected chi connectivity index (χ1v) is 47.6. The van der Waals surface area contributed by atoms with Crippen LogP contribution in [-0.4, -0.2) is 302 Å². The number of ether oxygens (including phenoxy) is 3. The van der Waals surface area contributed by atoms with Crippen LogP contribution in [0.1, 0.15) is 144 Å². The van der Waals surface area contributed by atoms with E-state index in [1.165, 1.54) is 14.2 Å². The third-order valence-corrected chi connectivity index (χ3v) is 29.4. The summed E-state index contributed by atoms with van der Waals surface area (Å²) in [7, 11) is 6.47. The van der Waals surface area contributed by atoms with Crippen LogP contribution < -0.4 is 68.8 Å². The number of unbranched alkanes of at least 4 members (excludes halogenated alkanes) is 3. The normalized spacial score (nSPS) is 23.9. The number of H-pyrrole nitrogens is 1. The molecule has 1 aliphatic carbocycles. The van der Waals surface area contributed by atoms with Gasteiger partial charge in [-0.1, -0.05) is 139 Å². The fraction of sp³-hybridized carbons (Fsp3) is 0.533. The summed E-state index contributed by atoms with van der Waals surface area (Å²) in [6.45, 7) is 5.76. The maximum Gasteiger partial charge on any atom is 0.426 e. The van der Waals surface area contributed by atoms with Crippen LogP contribution in [-0.2, 0) is 102 Å². The molecule has 41 nitrogen and oxygen atoms in total. The molecule has 6 heterocycles. The average molecular weight is 1920 g/mol. The number of hydrogen-bond donors (Lipinski definition) is 20. The Labute approximate surface area is 786 Å². The van der Waals surface area contributed by atoms with Gasteiger partial charge in [0, 0.05) is 147 Å². The second kappa shape index (κ2) is 45.9. The highest BCUT2D eigenvalue weighted by molar-refractivity contribution is 8.76. The number of carboxylic acids is 5. The fourth-order valence-electron chi connectivity index (χ4n) is 20.2. The first kappa shape index (κ1) is 103. The molecule has 135 heavy (non-hydrogen) atoms. The first-order chi connectivity index (χ1) is 64.4. The van der Waals surface area contributed by atoms with E-state index in [0.717, 1.165) is 38.1 Å². The number of carboxylic acid groups (broad SMARTS) is 5. The number of aromatic amines is 1. The molecule has 5 aliphatic heterocycles. The highest BCUT2D eigenvalue weighted by Crippen LogP contribution is 2.68. The zero-order valence-corrected chi connectivity index (χ0v) is 77.3. The molecule has 3 fully saturated rings. The SMILES string of the molecule is CC[C@]1(O)CCN2CCc3c([nH]c4ccccc34)[C@](C(=O)OC)(c3cc4c(cc3OC)N(C)[C@@H]3[C@](O)(C(=O)NNC(=O)OCCSSC[C@H](NC(=O)[C@H](CC(=O)O)NC(=O)[C@@H](N)CNC(=O)[C@H](Cc5ccccc5)NC(=O)[C@H](Cc5ccccc5)NC(=O)CCCCCCNC(=O)CC[C@H](NC(=O)N[C@H](CCC(=O)O)C(=O)O)C(=O)O)C(=O)O)[C@@H](O)[C@@]5(CC)C=CCN6CC[C@@]43[C@@H]65)CC1C2. The lowest BCUT2D eigenvalue weighted by Crippen LogP contribution is -2.82. The van der Waals surface area contributed by atoms with E-state index in [4.69, 9.17) is 25.1 Å². The quantitative estimate of drug-likeness (QED) is 0.00867. The van der Waals surface area contributed by atoms with Crippen LogP contribution in [0.3, 0.4) is 0 Å². The minimum atomic E-state index is -2.72. The number of hydrazine groups is 1. The van der Waals surface area contributed by atoms with Crippen LogP contribution in [0, 0.1) is 11.3 Å². The molecule has 1 aromatic heterocycles. The highest BCUT2D eigenvalue weighted by atomic mass is 33.1. The van der Waals surface area contributed by atoms with Crippen LogP contribution >= 0.6 is 21.6 Å². The number of esters is 1. The number of hydrogen-bond acceptors (Lipinski definition) is 27. The lowest BCUT2D eigenvalue weighted by Gasteiger charge is -2.63. The molecule has 4 aromatic carbocycles. The van der Waals surface area contributed by atoms with E-state index in [1.54, 1.807) is 72.6 Å². The monoisotopic (exact) mass is 1920 g/mol. The Hall–Kier alpha value is -12.1. The number of fused-ring (bicyclic) bond motifs is 6. The van der Waals surface area contributed by atoms with Gasteiger partial charge in [-0.3, -0.25) is 58.3 Å². The van der Waals surface area contributed by atoms with E-state index in [0.29, 0.717) is 118 Å². The zero-order valence-electron chi connectivity index (χ0n) is 75.7. The van der Waals surface area contributed by atoms with E-state index >= 15 is 9.59 Å². The number of rotatable bonds is 46. The van der Waals surface area contributed by atoms with Crippen molar-refractivity contribution in [1.82, 2.24) is 68.2 Å². The van der Waals surface area contributed by atoms with Crippen molar-refractivity contribution in [2.75, 3.05) is 90.1 Å². The molecule has 2 saturated heterocycles. The van der Waals surface area contributed by atoms with Crippen LogP contribution in [0.25, 0.3) is 10.9 Å². The van der Waals surface area contributed by atoms with Gasteiger partial charge in [0.25, 0.3) is 5.91 Å². The van der Waals surface area contributed by atoms with Crippen molar-refractivity contribution in [3.8, 4) is 5.75 Å². The number of nitrogens with one attached hydrogen (secondary N) is 11. The summed E-state index contributed by atoms with van der Waals surface area (Å²) in [5.41, 5.74) is 7.97. The molecule has 2 bridgehead atoms. The van der Waals surface area contributed by atoms with E-state index < -0.39 is 209 Å². The number of nitrogens with two attached hydrogens (primary N) is 1. The molecular weight excluding hydrogens is 1800 g/mol. The first-order valence-electron chi connectivity index (χ1n) is 45.1. The van der Waals surface area contributed by atoms with Gasteiger partial charge in [-0.05, 0) is 105 Å². The standard InChI is InChI=1S/C92H121N15O26S2/c1-6-88-33-20-37-107-40-35-90(81(88)107)57-45-58(91(85(126)132-5)48-54-50-106(39-34-89(54,129)7-2)38-32-56-55-25-17-18-26-60(55)97-73(56)91)68(131-4)47-67(57)105(3)82(90)92(130,83(88)124)84(125)103-104-87(128)133-41-42-134-135-51-66(80(122)123)100-77(117)65(46-72(112)113)98-74(114)59(93)49-95-75(115)63(43-52-21-12-10-13-22-52)99-76(116)64(44-53-23-14-11-15-24-53)96-70(109)27-16-8-9-19-36-94-69(108)30-28-61(78(118)119)101-86(127)102-62(79(120)121)29-31-71(110)111/h10-15,17-18,20-26,33,45,47,54,59,61-66,81-83,97,124,129-130H,6-9,16,19,27-32,34-44,46,48-51,93H2,1-5H3,(H,94,108)(H,95,115)(H,96,109)(H,98,114)(H,99,116)(H,100,117)(H,103,125)(H,104,128)(H,110,111)(H,112,113)(H,118,119)(H,120,121)(H,122,123)(H2,101,102,127)/t54?,59-,61-,62+,63-,64-,65-,66-,81-,82-,83-,88-,89-,90-,91+,92+/m0/s1. The number of aromatic nitrogens is 1. The van der Waals surface area contributed by atoms with E-state index in [9.17, 15) is 98.1 Å². The molecule has 17 atom stereocenters. The van der Waals surface area contributed by atoms with E-state index in [2.05, 4.69) is 62.9 Å². The molecule has 11 rings (SSSR count). The Balaban J connectivity index is 0.665. The third-order valence-electron chi connectivity index (χ3n) is 27.0. The van der Waals surface area contributed by atoms with Gasteiger partial charge < -0.3 is 118 Å². The summed E-state index contributed by atoms with van der Waals surface area (Å²) in [5.74, 6) is -14.9. The maximum atomic E-state index is 15.7. The van der Waals surface area contributed by atoms with Crippen LogP contribution in [0.15, 0.2) is 109 Å². The topological polar surface area (TPSA) is 617 Å². The second-order valence-electron chi connectivity index (χ2n) is 35.1. The number of benzene rings is 4. The molecule has 10 amide bonds. The Bertz CT molecular complexity index is 5210. The summed E-state index contributed by atoms with van der Waals surface area (Å²) < 4.78 is 17.8. The van der Waals surface area contributed by atoms with Gasteiger partial charge in [0.05, 0.1) is 32.3 Å². The number of nitrogens with zero attached hydrogens (tertiary/aromatic N) is 3. The summed E-state index contributed by atoms with van der Waals surface area (Å²) in [6.07, 6.45) is 1.76. The fourth-order valence-corrected chi connectivity index (χ4v) is 22.2. The number of aliphatic hydroxyl groups is 3. The molecule has 6 aliphatic rings. The Morgan fingerprint density at radius 2 is 1.25 bits per heavy atom. The van der Waals surface area contributed by atoms with Crippen molar-refractivity contribution in [2.24, 2.45) is 17.1 Å². The van der Waals surface area contributed by atoms with Gasteiger partial charge in [0.15, 0.2) is 5.60 Å². The lowest BCUT2D eigenvalue weighted by molar-refractivity contribution is -0.204. The van der Waals surface area contributed by atoms with Gasteiger partial charge in [-0.25, -0.2) is 29.4 Å². The maximum absolute atomic E-state index is 15.7. The number of carbonyl (C=O) groups excluding carboxylic acids is 10. The van der Waals surface area contributed by atoms with Crippen molar-refractivity contribution < 1.29 is 127 Å². The molecule has 732 valence electrons. The Morgan fingerprint density at radius 3 is 1.89 bits per heavy atom. The summed E-state index contributed by atoms with van der Waals surface area (Å²) in [5, 5.41) is 107. The number of aliphatic hydroxyl groups excluding tert-OH is 1. The van der Waals surface area contributed by atoms with Crippen LogP contribution in [0.5, 0.6) is 5.75 Å². The number of para-hydroxylation sites is 1. The largest absolute Gasteiger partial charge is 0.496 e. The van der Waals surface area contributed by atoms with Crippen molar-refractivity contribution in [3.05, 3.63) is 143 Å². The van der Waals surface area contributed by atoms with Gasteiger partial charge >= 0.3 is 47.9 Å². The molecule has 2 unspecified atom stereocenters. The molecular formula is C92H121N15O26S2. The number of anilines is 1. The highest BCUT2D eigenvalue weighted by Gasteiger charge is 2.79. The van der Waals surface area contributed by atoms with Crippen molar-refractivity contribution >= 4 is 127 Å². The Morgan fingerprint density at radius 1 is 0.622 bits per heavy atom. The Kier molecular flexibility index (Phi) is 35.2. The number of methoxy groups -OCH3 is 2. The minimum Gasteiger partial charge on any atom is -0.496 e. The predicted molar refractivity (Wildman–Crippen MR) is 492 cm³/mol. The smallest absolute Gasteiger partial charge is 0.426 e. The lowest BCUT2D eigenvalue weighted by atomic mass is 9.47. The zero-order chi connectivity index (χ0) is 97.9. The molecule has 1 spiro atoms. The minimum absolute atomic E-state index is 0.0170. The van der Waals surface area contributed by atoms with E-state index in [-0.39, 0.29) is 75.4 Å². The second-order valence-corrected chi connectivity index (χ2v) is 37.8. The number of aliphatic carboxylic acids is 5. The van der Waals surface area contributed by atoms with Gasteiger partial charge in [0.2, 0.25) is 35.4 Å². The van der Waals surface area contributed by atoms with E-state index in [1.807, 2.05) is 67.7 Å². The molecule has 5 aromatic rings. The number of piperidine rings is 1. The molecule has 1 saturated carbocycles. The molecule has 0 radical (unpaired) electrons. The third kappa shape index (κ3) is 23.5. The number of amides is 10. The molecule has 43 heteroatoms. The summed E-state index contributed by atoms with van der Waals surface area (Å²) >= 11 is 0. The molecule has 21 N–H and O–H groups in total. The number of likely N-dealkylation sites (N-methyl/N-ethyl adjacent to an activating group) is 1. The van der Waals surface area contributed by atoms with Gasteiger partial charge in [0.1, 0.15) is 66.2 Å². The van der Waals surface area contributed by atoms with Gasteiger partial charge in [-0.2, -0.15) is 0 Å². The average Bonchev–Trinajstić information content (AvgIpc) is 1.49. The van der Waals surface area contributed by atoms with Crippen molar-refractivity contribution in [2.45, 2.75) is 212 Å². The van der Waals surface area contributed by atoms with Crippen molar-refractivity contribution in [1.29, 1.82) is 0 Å². The van der Waals surface area contributed by atoms with Crippen LogP contribution in [0.2, 0.25) is 0 Å². The summed E-state index contributed by atoms with van der Waals surface area (Å²) in [4.78, 5) is 208. The van der Waals surface area contributed by atoms with Crippen molar-refractivity contribution in [3.63, 3.8) is 0 Å². The van der Waals surface area contributed by atoms with Crippen LogP contribution in [0.4, 0.5) is 15.3 Å². The predicted octanol–water partition coefficient (Wildman–Crippen LogP) is 1.73. The number of carbonyl (C=O) groups is 15. The van der Waals surface area contributed by atoms with Gasteiger partial charge in [-0.15, -0.1) is 0 Å². The summed E-state index contributed by atoms with van der Waals surface area (Å²) in [6, 6.07) is 14.7.